The first-order valence-corrected chi connectivity index (χ1v) is 9.60. The zero-order valence-electron chi connectivity index (χ0n) is 15.6. The van der Waals surface area contributed by atoms with Gasteiger partial charge in [-0.25, -0.2) is 0 Å². The fourth-order valence-electron chi connectivity index (χ4n) is 4.92. The number of hydrogen-bond acceptors (Lipinski definition) is 4. The van der Waals surface area contributed by atoms with Crippen molar-refractivity contribution in [1.82, 2.24) is 10.2 Å². The van der Waals surface area contributed by atoms with Gasteiger partial charge in [0, 0.05) is 31.3 Å². The molecule has 0 aromatic rings. The highest BCUT2D eigenvalue weighted by atomic mass is 16.5. The van der Waals surface area contributed by atoms with E-state index in [0.717, 1.165) is 39.0 Å². The van der Waals surface area contributed by atoms with Gasteiger partial charge in [-0.3, -0.25) is 4.90 Å². The summed E-state index contributed by atoms with van der Waals surface area (Å²) in [4.78, 5) is 2.76. The van der Waals surface area contributed by atoms with Crippen LogP contribution in [-0.2, 0) is 9.47 Å². The van der Waals surface area contributed by atoms with Crippen molar-refractivity contribution in [3.63, 3.8) is 0 Å². The van der Waals surface area contributed by atoms with E-state index >= 15 is 0 Å². The van der Waals surface area contributed by atoms with E-state index in [0.29, 0.717) is 11.6 Å². The molecule has 3 saturated heterocycles. The lowest BCUT2D eigenvalue weighted by Gasteiger charge is -2.49. The number of nitrogens with zero attached hydrogens (tertiary/aromatic N) is 1. The number of ether oxygens (including phenoxy) is 2. The smallest absolute Gasteiger partial charge is 0.0787 e. The largest absolute Gasteiger partial charge is 0.381 e. The number of nitrogens with one attached hydrogen (secondary N) is 1. The summed E-state index contributed by atoms with van der Waals surface area (Å²) in [7, 11) is 0. The van der Waals surface area contributed by atoms with E-state index in [1.54, 1.807) is 0 Å². The van der Waals surface area contributed by atoms with Crippen LogP contribution < -0.4 is 5.32 Å². The summed E-state index contributed by atoms with van der Waals surface area (Å²) in [6.45, 7) is 14.3. The fraction of sp³-hybridized carbons (Fsp3) is 1.00. The molecule has 4 heteroatoms. The lowest BCUT2D eigenvalue weighted by Crippen LogP contribution is -2.61. The summed E-state index contributed by atoms with van der Waals surface area (Å²) in [6.07, 6.45) is 7.52. The number of rotatable bonds is 4. The van der Waals surface area contributed by atoms with Gasteiger partial charge in [0.1, 0.15) is 0 Å². The molecule has 1 N–H and O–H groups in total. The highest BCUT2D eigenvalue weighted by molar-refractivity contribution is 5.02. The van der Waals surface area contributed by atoms with Gasteiger partial charge in [-0.15, -0.1) is 0 Å². The molecular weight excluding hydrogens is 288 g/mol. The minimum atomic E-state index is -0.0856. The van der Waals surface area contributed by atoms with Crippen molar-refractivity contribution in [1.29, 1.82) is 0 Å². The summed E-state index contributed by atoms with van der Waals surface area (Å²) in [6, 6.07) is 0.432. The van der Waals surface area contributed by atoms with E-state index in [4.69, 9.17) is 9.47 Å². The minimum Gasteiger partial charge on any atom is -0.381 e. The Bertz CT molecular complexity index is 396. The van der Waals surface area contributed by atoms with Gasteiger partial charge < -0.3 is 14.8 Å². The Morgan fingerprint density at radius 3 is 2.22 bits per heavy atom. The molecule has 3 aliphatic heterocycles. The quantitative estimate of drug-likeness (QED) is 0.862. The molecule has 0 aromatic carbocycles. The first-order chi connectivity index (χ1) is 10.8. The molecule has 0 radical (unpaired) electrons. The Morgan fingerprint density at radius 2 is 1.65 bits per heavy atom. The van der Waals surface area contributed by atoms with Gasteiger partial charge in [0.15, 0.2) is 0 Å². The Labute approximate surface area is 142 Å². The lowest BCUT2D eigenvalue weighted by molar-refractivity contribution is -0.0728. The summed E-state index contributed by atoms with van der Waals surface area (Å²) < 4.78 is 11.9. The summed E-state index contributed by atoms with van der Waals surface area (Å²) in [5.74, 6) is 0. The zero-order chi connectivity index (χ0) is 16.6. The molecule has 1 atom stereocenters. The van der Waals surface area contributed by atoms with E-state index in [2.05, 4.69) is 37.9 Å². The van der Waals surface area contributed by atoms with Crippen LogP contribution in [0.4, 0.5) is 0 Å². The normalized spacial score (nSPS) is 33.7. The molecule has 3 aliphatic rings. The maximum absolute atomic E-state index is 6.27. The van der Waals surface area contributed by atoms with Crippen molar-refractivity contribution < 1.29 is 9.47 Å². The molecule has 0 bridgehead atoms. The van der Waals surface area contributed by atoms with Crippen LogP contribution in [0.15, 0.2) is 0 Å². The number of piperidine rings is 1. The van der Waals surface area contributed by atoms with E-state index < -0.39 is 0 Å². The first kappa shape index (κ1) is 17.7. The van der Waals surface area contributed by atoms with Crippen LogP contribution in [0, 0.1) is 0 Å². The molecule has 0 aliphatic carbocycles. The van der Waals surface area contributed by atoms with Crippen LogP contribution in [-0.4, -0.2) is 60.5 Å². The summed E-state index contributed by atoms with van der Waals surface area (Å²) in [5, 5.41) is 3.91. The van der Waals surface area contributed by atoms with Crippen molar-refractivity contribution in [2.45, 2.75) is 89.0 Å². The standard InChI is InChI=1S/C19H36N2O2/c1-17(2)14-16(18(3,4)23-17)20-15-19(8-12-22-13-9-19)21-10-6-5-7-11-21/h16,20H,5-15H2,1-4H3. The van der Waals surface area contributed by atoms with Gasteiger partial charge >= 0.3 is 0 Å². The third kappa shape index (κ3) is 3.92. The number of likely N-dealkylation sites (tertiary alicyclic amines) is 1. The minimum absolute atomic E-state index is 0.0187. The first-order valence-electron chi connectivity index (χ1n) is 9.60. The average molecular weight is 325 g/mol. The Morgan fingerprint density at radius 1 is 1.00 bits per heavy atom. The molecular formula is C19H36N2O2. The molecule has 0 amide bonds. The van der Waals surface area contributed by atoms with Crippen molar-refractivity contribution in [2.75, 3.05) is 32.8 Å². The van der Waals surface area contributed by atoms with Gasteiger partial charge in [-0.1, -0.05) is 6.42 Å². The van der Waals surface area contributed by atoms with Crippen LogP contribution in [0.2, 0.25) is 0 Å². The predicted molar refractivity (Wildman–Crippen MR) is 93.9 cm³/mol. The molecule has 4 nitrogen and oxygen atoms in total. The molecule has 3 heterocycles. The average Bonchev–Trinajstić information content (AvgIpc) is 2.74. The second-order valence-corrected chi connectivity index (χ2v) is 8.99. The van der Waals surface area contributed by atoms with Crippen molar-refractivity contribution in [3.8, 4) is 0 Å². The Hall–Kier alpha value is -0.160. The van der Waals surface area contributed by atoms with Crippen molar-refractivity contribution in [2.24, 2.45) is 0 Å². The SMILES string of the molecule is CC1(C)CC(NCC2(N3CCCCC3)CCOCC2)C(C)(C)O1. The van der Waals surface area contributed by atoms with E-state index in [9.17, 15) is 0 Å². The Balaban J connectivity index is 1.67. The molecule has 3 rings (SSSR count). The van der Waals surface area contributed by atoms with Crippen molar-refractivity contribution in [3.05, 3.63) is 0 Å². The van der Waals surface area contributed by atoms with Crippen LogP contribution in [0.25, 0.3) is 0 Å². The van der Waals surface area contributed by atoms with Crippen LogP contribution in [0.1, 0.15) is 66.2 Å². The maximum atomic E-state index is 6.27. The van der Waals surface area contributed by atoms with Crippen LogP contribution in [0.5, 0.6) is 0 Å². The monoisotopic (exact) mass is 324 g/mol. The van der Waals surface area contributed by atoms with Crippen LogP contribution >= 0.6 is 0 Å². The fourth-order valence-corrected chi connectivity index (χ4v) is 4.92. The number of hydrogen-bond donors (Lipinski definition) is 1. The van der Waals surface area contributed by atoms with Crippen molar-refractivity contribution >= 4 is 0 Å². The van der Waals surface area contributed by atoms with Gasteiger partial charge in [0.2, 0.25) is 0 Å². The van der Waals surface area contributed by atoms with Gasteiger partial charge in [0.25, 0.3) is 0 Å². The summed E-state index contributed by atoms with van der Waals surface area (Å²) in [5.41, 5.74) is 0.189. The second-order valence-electron chi connectivity index (χ2n) is 8.99. The zero-order valence-corrected chi connectivity index (χ0v) is 15.6. The topological polar surface area (TPSA) is 33.7 Å². The highest BCUT2D eigenvalue weighted by Crippen LogP contribution is 2.38. The molecule has 3 fully saturated rings. The molecule has 1 unspecified atom stereocenters. The highest BCUT2D eigenvalue weighted by Gasteiger charge is 2.47. The third-order valence-corrected chi connectivity index (χ3v) is 6.20. The second kappa shape index (κ2) is 6.62. The lowest BCUT2D eigenvalue weighted by atomic mass is 9.85. The van der Waals surface area contributed by atoms with Gasteiger partial charge in [-0.05, 0) is 72.9 Å². The third-order valence-electron chi connectivity index (χ3n) is 6.20. The predicted octanol–water partition coefficient (Wildman–Crippen LogP) is 2.96. The van der Waals surface area contributed by atoms with E-state index in [-0.39, 0.29) is 11.2 Å². The van der Waals surface area contributed by atoms with Gasteiger partial charge in [0.05, 0.1) is 11.2 Å². The molecule has 134 valence electrons. The molecule has 0 aromatic heterocycles. The van der Waals surface area contributed by atoms with E-state index in [1.165, 1.54) is 32.4 Å². The van der Waals surface area contributed by atoms with Crippen LogP contribution in [0.3, 0.4) is 0 Å². The molecule has 23 heavy (non-hydrogen) atoms. The maximum Gasteiger partial charge on any atom is 0.0787 e. The summed E-state index contributed by atoms with van der Waals surface area (Å²) >= 11 is 0. The van der Waals surface area contributed by atoms with E-state index in [1.807, 2.05) is 0 Å². The van der Waals surface area contributed by atoms with Gasteiger partial charge in [-0.2, -0.15) is 0 Å². The molecule has 0 saturated carbocycles. The molecule has 0 spiro atoms. The Kier molecular flexibility index (Phi) is 5.09.